The first-order valence-electron chi connectivity index (χ1n) is 10.4. The third-order valence-electron chi connectivity index (χ3n) is 6.12. The fraction of sp³-hybridized carbons (Fsp3) is 0.364. The Morgan fingerprint density at radius 1 is 1.23 bits per heavy atom. The number of aromatic nitrogens is 2. The number of hydrogen-bond donors (Lipinski definition) is 2. The van der Waals surface area contributed by atoms with Crippen molar-refractivity contribution in [1.82, 2.24) is 25.3 Å². The number of benzene rings is 1. The molecule has 2 N–H and O–H groups in total. The third kappa shape index (κ3) is 3.48. The molecular formula is C22H23N5O3S. The summed E-state index contributed by atoms with van der Waals surface area (Å²) in [5, 5.41) is 10.4. The van der Waals surface area contributed by atoms with Gasteiger partial charge in [0.2, 0.25) is 5.91 Å². The number of thiophene rings is 1. The Kier molecular flexibility index (Phi) is 4.97. The van der Waals surface area contributed by atoms with Gasteiger partial charge < -0.3 is 15.1 Å². The van der Waals surface area contributed by atoms with Gasteiger partial charge in [-0.2, -0.15) is 5.10 Å². The van der Waals surface area contributed by atoms with Gasteiger partial charge in [0.25, 0.3) is 11.8 Å². The molecule has 2 aromatic heterocycles. The molecule has 160 valence electrons. The maximum Gasteiger partial charge on any atom is 0.261 e. The van der Waals surface area contributed by atoms with Crippen molar-refractivity contribution in [2.75, 3.05) is 20.1 Å². The number of amides is 3. The second-order valence-electron chi connectivity index (χ2n) is 7.98. The zero-order valence-corrected chi connectivity index (χ0v) is 18.0. The highest BCUT2D eigenvalue weighted by Crippen LogP contribution is 2.30. The van der Waals surface area contributed by atoms with Crippen LogP contribution in [0.2, 0.25) is 0 Å². The van der Waals surface area contributed by atoms with Crippen molar-refractivity contribution in [2.45, 2.75) is 31.8 Å². The Balaban J connectivity index is 1.33. The highest BCUT2D eigenvalue weighted by atomic mass is 32.1. The highest BCUT2D eigenvalue weighted by Gasteiger charge is 2.38. The fourth-order valence-corrected chi connectivity index (χ4v) is 5.58. The summed E-state index contributed by atoms with van der Waals surface area (Å²) in [6.07, 6.45) is 3.92. The summed E-state index contributed by atoms with van der Waals surface area (Å²) >= 11 is 1.50. The molecule has 1 saturated heterocycles. The molecule has 9 heteroatoms. The van der Waals surface area contributed by atoms with Crippen LogP contribution in [0.25, 0.3) is 10.9 Å². The molecule has 1 fully saturated rings. The Morgan fingerprint density at radius 3 is 2.94 bits per heavy atom. The highest BCUT2D eigenvalue weighted by molar-refractivity contribution is 7.14. The van der Waals surface area contributed by atoms with E-state index in [2.05, 4.69) is 15.5 Å². The molecule has 1 atom stereocenters. The number of aromatic amines is 1. The smallest absolute Gasteiger partial charge is 0.261 e. The third-order valence-corrected chi connectivity index (χ3v) is 7.35. The standard InChI is InChI=1S/C22H23N5O3S/c1-23-20(28)19-10-15-12-26(8-6-18(15)31-19)22(30)17-3-2-7-27(17)21(29)13-4-5-16-14(9-13)11-24-25-16/h4-5,9-11,17H,2-3,6-8,12H2,1H3,(H,23,28)(H,24,25)/t17-/m1/s1. The van der Waals surface area contributed by atoms with Gasteiger partial charge in [-0.1, -0.05) is 0 Å². The van der Waals surface area contributed by atoms with Gasteiger partial charge in [0, 0.05) is 42.5 Å². The second kappa shape index (κ2) is 7.81. The Morgan fingerprint density at radius 2 is 2.10 bits per heavy atom. The number of rotatable bonds is 3. The average Bonchev–Trinajstić information content (AvgIpc) is 3.55. The summed E-state index contributed by atoms with van der Waals surface area (Å²) < 4.78 is 0. The van der Waals surface area contributed by atoms with Gasteiger partial charge in [-0.15, -0.1) is 11.3 Å². The molecule has 8 nitrogen and oxygen atoms in total. The van der Waals surface area contributed by atoms with E-state index in [0.717, 1.165) is 34.2 Å². The van der Waals surface area contributed by atoms with Crippen LogP contribution in [0.3, 0.4) is 0 Å². The minimum Gasteiger partial charge on any atom is -0.354 e. The van der Waals surface area contributed by atoms with Gasteiger partial charge in [-0.3, -0.25) is 19.5 Å². The summed E-state index contributed by atoms with van der Waals surface area (Å²) in [7, 11) is 1.62. The Bertz CT molecular complexity index is 1180. The molecule has 31 heavy (non-hydrogen) atoms. The van der Waals surface area contributed by atoms with E-state index >= 15 is 0 Å². The van der Waals surface area contributed by atoms with Crippen LogP contribution in [0, 0.1) is 0 Å². The van der Waals surface area contributed by atoms with Crippen LogP contribution in [-0.4, -0.2) is 63.9 Å². The molecule has 0 unspecified atom stereocenters. The first-order chi connectivity index (χ1) is 15.0. The predicted octanol–water partition coefficient (Wildman–Crippen LogP) is 2.17. The number of carbonyl (C=O) groups is 3. The molecule has 0 radical (unpaired) electrons. The van der Waals surface area contributed by atoms with E-state index in [0.29, 0.717) is 36.5 Å². The lowest BCUT2D eigenvalue weighted by atomic mass is 10.1. The molecular weight excluding hydrogens is 414 g/mol. The maximum absolute atomic E-state index is 13.4. The van der Waals surface area contributed by atoms with Gasteiger partial charge in [0.15, 0.2) is 0 Å². The van der Waals surface area contributed by atoms with Crippen molar-refractivity contribution in [1.29, 1.82) is 0 Å². The van der Waals surface area contributed by atoms with Crippen LogP contribution in [-0.2, 0) is 17.8 Å². The number of likely N-dealkylation sites (tertiary alicyclic amines) is 1. The van der Waals surface area contributed by atoms with Gasteiger partial charge in [-0.05, 0) is 49.1 Å². The molecule has 0 bridgehead atoms. The number of H-pyrrole nitrogens is 1. The summed E-state index contributed by atoms with van der Waals surface area (Å²) in [5.74, 6) is -0.220. The van der Waals surface area contributed by atoms with Crippen LogP contribution in [0.5, 0.6) is 0 Å². The van der Waals surface area contributed by atoms with Crippen molar-refractivity contribution >= 4 is 40.0 Å². The molecule has 3 aromatic rings. The number of fused-ring (bicyclic) bond motifs is 2. The SMILES string of the molecule is CNC(=O)c1cc2c(s1)CCN(C(=O)[C@H]1CCCN1C(=O)c1ccc3[nH]ncc3c1)C2. The van der Waals surface area contributed by atoms with Gasteiger partial charge >= 0.3 is 0 Å². The van der Waals surface area contributed by atoms with Crippen LogP contribution >= 0.6 is 11.3 Å². The van der Waals surface area contributed by atoms with Crippen molar-refractivity contribution in [3.8, 4) is 0 Å². The Hall–Kier alpha value is -3.20. The second-order valence-corrected chi connectivity index (χ2v) is 9.11. The van der Waals surface area contributed by atoms with Gasteiger partial charge in [0.05, 0.1) is 16.6 Å². The van der Waals surface area contributed by atoms with Crippen molar-refractivity contribution in [3.63, 3.8) is 0 Å². The van der Waals surface area contributed by atoms with Crippen LogP contribution in [0.15, 0.2) is 30.5 Å². The van der Waals surface area contributed by atoms with E-state index in [4.69, 9.17) is 0 Å². The Labute approximate surface area is 183 Å². The van der Waals surface area contributed by atoms with E-state index < -0.39 is 6.04 Å². The molecule has 0 spiro atoms. The van der Waals surface area contributed by atoms with Gasteiger partial charge in [0.1, 0.15) is 6.04 Å². The largest absolute Gasteiger partial charge is 0.354 e. The minimum atomic E-state index is -0.439. The zero-order valence-electron chi connectivity index (χ0n) is 17.2. The van der Waals surface area contributed by atoms with Crippen LogP contribution in [0.1, 0.15) is 43.3 Å². The maximum atomic E-state index is 13.4. The number of nitrogens with zero attached hydrogens (tertiary/aromatic N) is 3. The number of hydrogen-bond acceptors (Lipinski definition) is 5. The molecule has 5 rings (SSSR count). The summed E-state index contributed by atoms with van der Waals surface area (Å²) in [5.41, 5.74) is 2.48. The average molecular weight is 438 g/mol. The summed E-state index contributed by atoms with van der Waals surface area (Å²) in [6.45, 7) is 1.68. The summed E-state index contributed by atoms with van der Waals surface area (Å²) in [6, 6.07) is 6.89. The van der Waals surface area contributed by atoms with E-state index in [1.807, 2.05) is 23.1 Å². The first-order valence-corrected chi connectivity index (χ1v) is 11.2. The van der Waals surface area contributed by atoms with Gasteiger partial charge in [-0.25, -0.2) is 0 Å². The van der Waals surface area contributed by atoms with Crippen molar-refractivity contribution in [2.24, 2.45) is 0 Å². The minimum absolute atomic E-state index is 0.00594. The zero-order chi connectivity index (χ0) is 21.5. The van der Waals surface area contributed by atoms with E-state index in [-0.39, 0.29) is 17.7 Å². The van der Waals surface area contributed by atoms with Crippen LogP contribution in [0.4, 0.5) is 0 Å². The lowest BCUT2D eigenvalue weighted by molar-refractivity contribution is -0.136. The molecule has 2 aliphatic rings. The molecule has 0 saturated carbocycles. The molecule has 4 heterocycles. The quantitative estimate of drug-likeness (QED) is 0.656. The monoisotopic (exact) mass is 437 g/mol. The normalized spacial score (nSPS) is 18.3. The molecule has 3 amide bonds. The molecule has 1 aromatic carbocycles. The van der Waals surface area contributed by atoms with Crippen molar-refractivity contribution in [3.05, 3.63) is 51.3 Å². The van der Waals surface area contributed by atoms with E-state index in [1.54, 1.807) is 24.2 Å². The fourth-order valence-electron chi connectivity index (χ4n) is 4.48. The van der Waals surface area contributed by atoms with Crippen LogP contribution < -0.4 is 5.32 Å². The molecule has 0 aliphatic carbocycles. The predicted molar refractivity (Wildman–Crippen MR) is 117 cm³/mol. The number of carbonyl (C=O) groups excluding carboxylic acids is 3. The number of nitrogens with one attached hydrogen (secondary N) is 2. The van der Waals surface area contributed by atoms with E-state index in [1.165, 1.54) is 11.3 Å². The lowest BCUT2D eigenvalue weighted by Gasteiger charge is -2.32. The lowest BCUT2D eigenvalue weighted by Crippen LogP contribution is -2.48. The molecule has 2 aliphatic heterocycles. The first kappa shape index (κ1) is 19.7. The summed E-state index contributed by atoms with van der Waals surface area (Å²) in [4.78, 5) is 43.9. The van der Waals surface area contributed by atoms with E-state index in [9.17, 15) is 14.4 Å². The van der Waals surface area contributed by atoms with Crippen molar-refractivity contribution < 1.29 is 14.4 Å². The topological polar surface area (TPSA) is 98.4 Å².